The molecule has 0 unspecified atom stereocenters. The monoisotopic (exact) mass is 471 g/mol. The first-order chi connectivity index (χ1) is 16.0. The average Bonchev–Trinajstić information content (AvgIpc) is 3.22. The zero-order valence-corrected chi connectivity index (χ0v) is 18.4. The molecular weight excluding hydrogens is 452 g/mol. The van der Waals surface area contributed by atoms with E-state index in [-0.39, 0.29) is 11.3 Å². The third-order valence-corrected chi connectivity index (χ3v) is 5.77. The van der Waals surface area contributed by atoms with Crippen molar-refractivity contribution in [3.8, 4) is 17.0 Å². The van der Waals surface area contributed by atoms with Crippen LogP contribution in [0.1, 0.15) is 0 Å². The van der Waals surface area contributed by atoms with Gasteiger partial charge in [0.2, 0.25) is 0 Å². The zero-order chi connectivity index (χ0) is 22.9. The third kappa shape index (κ3) is 4.17. The van der Waals surface area contributed by atoms with Crippen LogP contribution in [0, 0.1) is 11.6 Å². The maximum absolute atomic E-state index is 14.2. The van der Waals surface area contributed by atoms with Gasteiger partial charge in [-0.3, -0.25) is 5.10 Å². The number of aromatic amines is 1. The summed E-state index contributed by atoms with van der Waals surface area (Å²) in [5.74, 6) is -1.62. The Morgan fingerprint density at radius 3 is 2.70 bits per heavy atom. The van der Waals surface area contributed by atoms with Crippen molar-refractivity contribution in [2.24, 2.45) is 0 Å². The molecule has 0 aliphatic carbocycles. The maximum Gasteiger partial charge on any atom is 0.168 e. The van der Waals surface area contributed by atoms with Crippen molar-refractivity contribution in [2.45, 2.75) is 0 Å². The number of hydrogen-bond donors (Lipinski definition) is 2. The summed E-state index contributed by atoms with van der Waals surface area (Å²) >= 11 is 6.54. The Kier molecular flexibility index (Phi) is 5.74. The van der Waals surface area contributed by atoms with Crippen molar-refractivity contribution in [3.05, 3.63) is 59.3 Å². The van der Waals surface area contributed by atoms with E-state index in [9.17, 15) is 8.78 Å². The molecular formula is C23H20ClF2N5O2. The number of aromatic nitrogens is 3. The quantitative estimate of drug-likeness (QED) is 0.419. The van der Waals surface area contributed by atoms with E-state index in [0.29, 0.717) is 40.7 Å². The Morgan fingerprint density at radius 1 is 1.12 bits per heavy atom. The van der Waals surface area contributed by atoms with Gasteiger partial charge >= 0.3 is 0 Å². The molecule has 1 aliphatic rings. The third-order valence-electron chi connectivity index (χ3n) is 5.47. The lowest BCUT2D eigenvalue weighted by Gasteiger charge is -2.29. The fraction of sp³-hybridized carbons (Fsp3) is 0.217. The highest BCUT2D eigenvalue weighted by Gasteiger charge is 2.19. The molecule has 0 spiro atoms. The molecule has 0 radical (unpaired) electrons. The van der Waals surface area contributed by atoms with Crippen molar-refractivity contribution in [1.29, 1.82) is 0 Å². The Labute approximate surface area is 193 Å². The van der Waals surface area contributed by atoms with Gasteiger partial charge < -0.3 is 19.7 Å². The number of morpholine rings is 1. The van der Waals surface area contributed by atoms with Gasteiger partial charge in [-0.05, 0) is 30.3 Å². The molecule has 0 bridgehead atoms. The molecule has 10 heteroatoms. The first-order valence-electron chi connectivity index (χ1n) is 10.3. The molecule has 2 aromatic carbocycles. The number of fused-ring (bicyclic) bond motifs is 1. The minimum Gasteiger partial charge on any atom is -0.493 e. The number of hydrogen-bond acceptors (Lipinski definition) is 6. The van der Waals surface area contributed by atoms with Crippen LogP contribution in [0.15, 0.2) is 42.6 Å². The van der Waals surface area contributed by atoms with E-state index >= 15 is 0 Å². The van der Waals surface area contributed by atoms with Gasteiger partial charge in [-0.25, -0.2) is 13.8 Å². The molecule has 2 aromatic heterocycles. The number of H-pyrrole nitrogens is 1. The number of ether oxygens (including phenoxy) is 2. The number of rotatable bonds is 5. The van der Waals surface area contributed by atoms with Gasteiger partial charge in [0, 0.05) is 30.2 Å². The molecule has 2 N–H and O–H groups in total. The summed E-state index contributed by atoms with van der Waals surface area (Å²) in [4.78, 5) is 6.56. The van der Waals surface area contributed by atoms with E-state index in [1.165, 1.54) is 13.2 Å². The van der Waals surface area contributed by atoms with E-state index in [0.717, 1.165) is 30.5 Å². The highest BCUT2D eigenvalue weighted by Crippen LogP contribution is 2.37. The second kappa shape index (κ2) is 8.84. The van der Waals surface area contributed by atoms with Crippen molar-refractivity contribution in [1.82, 2.24) is 15.2 Å². The van der Waals surface area contributed by atoms with E-state index < -0.39 is 11.6 Å². The Balaban J connectivity index is 1.47. The van der Waals surface area contributed by atoms with Crippen LogP contribution in [0.25, 0.3) is 22.3 Å². The molecule has 170 valence electrons. The van der Waals surface area contributed by atoms with Crippen LogP contribution in [0.4, 0.5) is 25.8 Å². The van der Waals surface area contributed by atoms with Crippen molar-refractivity contribution in [3.63, 3.8) is 0 Å². The van der Waals surface area contributed by atoms with Gasteiger partial charge in [0.15, 0.2) is 17.2 Å². The molecule has 4 aromatic rings. The predicted octanol–water partition coefficient (Wildman–Crippen LogP) is 5.15. The maximum atomic E-state index is 14.2. The number of pyridine rings is 1. The predicted molar refractivity (Wildman–Crippen MR) is 124 cm³/mol. The zero-order valence-electron chi connectivity index (χ0n) is 17.7. The lowest BCUT2D eigenvalue weighted by molar-refractivity contribution is 0.122. The molecule has 1 fully saturated rings. The van der Waals surface area contributed by atoms with E-state index in [1.807, 2.05) is 18.2 Å². The second-order valence-corrected chi connectivity index (χ2v) is 7.96. The van der Waals surface area contributed by atoms with E-state index in [4.69, 9.17) is 21.1 Å². The average molecular weight is 472 g/mol. The molecule has 0 saturated carbocycles. The number of nitrogens with one attached hydrogen (secondary N) is 2. The molecule has 33 heavy (non-hydrogen) atoms. The first-order valence-corrected chi connectivity index (χ1v) is 10.7. The summed E-state index contributed by atoms with van der Waals surface area (Å²) in [6.45, 7) is 2.94. The SMILES string of the molecule is COc1c(F)cc(F)cc1-c1n[nH]c2ncc(Nc3ccc(N4CCOCC4)c(Cl)c3)cc12. The highest BCUT2D eigenvalue weighted by molar-refractivity contribution is 6.33. The number of methoxy groups -OCH3 is 1. The van der Waals surface area contributed by atoms with Crippen LogP contribution in [0.2, 0.25) is 5.02 Å². The molecule has 7 nitrogen and oxygen atoms in total. The van der Waals surface area contributed by atoms with Crippen LogP contribution >= 0.6 is 11.6 Å². The van der Waals surface area contributed by atoms with Crippen LogP contribution in [0.3, 0.4) is 0 Å². The van der Waals surface area contributed by atoms with Crippen molar-refractivity contribution >= 4 is 39.7 Å². The van der Waals surface area contributed by atoms with Gasteiger partial charge in [0.25, 0.3) is 0 Å². The number of halogens is 3. The van der Waals surface area contributed by atoms with Crippen LogP contribution in [-0.2, 0) is 4.74 Å². The van der Waals surface area contributed by atoms with Gasteiger partial charge in [-0.2, -0.15) is 5.10 Å². The van der Waals surface area contributed by atoms with Crippen molar-refractivity contribution in [2.75, 3.05) is 43.6 Å². The molecule has 5 rings (SSSR count). The van der Waals surface area contributed by atoms with Gasteiger partial charge in [0.05, 0.1) is 48.5 Å². The minimum atomic E-state index is -0.805. The van der Waals surface area contributed by atoms with Crippen LogP contribution < -0.4 is 15.0 Å². The molecule has 3 heterocycles. The minimum absolute atomic E-state index is 0.0892. The van der Waals surface area contributed by atoms with Gasteiger partial charge in [-0.15, -0.1) is 0 Å². The lowest BCUT2D eigenvalue weighted by Crippen LogP contribution is -2.36. The molecule has 1 saturated heterocycles. The normalized spacial score (nSPS) is 14.0. The Morgan fingerprint density at radius 2 is 1.94 bits per heavy atom. The summed E-state index contributed by atoms with van der Waals surface area (Å²) < 4.78 is 38.7. The summed E-state index contributed by atoms with van der Waals surface area (Å²) in [6.07, 6.45) is 1.64. The second-order valence-electron chi connectivity index (χ2n) is 7.55. The number of nitrogens with zero attached hydrogens (tertiary/aromatic N) is 3. The summed E-state index contributed by atoms with van der Waals surface area (Å²) in [7, 11) is 1.32. The Hall–Kier alpha value is -3.43. The summed E-state index contributed by atoms with van der Waals surface area (Å²) in [5, 5.41) is 11.5. The molecule has 0 atom stereocenters. The fourth-order valence-corrected chi connectivity index (χ4v) is 4.23. The summed E-state index contributed by atoms with van der Waals surface area (Å²) in [6, 6.07) is 9.49. The van der Waals surface area contributed by atoms with Gasteiger partial charge in [0.1, 0.15) is 11.5 Å². The van der Waals surface area contributed by atoms with E-state index in [1.54, 1.807) is 12.3 Å². The fourth-order valence-electron chi connectivity index (χ4n) is 3.93. The lowest BCUT2D eigenvalue weighted by atomic mass is 10.1. The van der Waals surface area contributed by atoms with Gasteiger partial charge in [-0.1, -0.05) is 11.6 Å². The molecule has 0 amide bonds. The largest absolute Gasteiger partial charge is 0.493 e. The first kappa shape index (κ1) is 21.4. The standard InChI is InChI=1S/C23H20ClF2N5O2/c1-32-22-16(8-13(25)9-19(22)26)21-17-10-15(12-27-23(17)30-29-21)28-14-2-3-20(18(24)11-14)31-4-6-33-7-5-31/h2-3,8-12,28H,4-7H2,1H3,(H,27,29,30). The highest BCUT2D eigenvalue weighted by atomic mass is 35.5. The number of anilines is 3. The summed E-state index contributed by atoms with van der Waals surface area (Å²) in [5.41, 5.74) is 3.39. The Bertz CT molecular complexity index is 1320. The topological polar surface area (TPSA) is 75.3 Å². The van der Waals surface area contributed by atoms with Crippen molar-refractivity contribution < 1.29 is 18.3 Å². The smallest absolute Gasteiger partial charge is 0.168 e. The molecule has 1 aliphatic heterocycles. The number of benzene rings is 2. The van der Waals surface area contributed by atoms with E-state index in [2.05, 4.69) is 25.4 Å². The van der Waals surface area contributed by atoms with Crippen LogP contribution in [0.5, 0.6) is 5.75 Å². The van der Waals surface area contributed by atoms with Crippen LogP contribution in [-0.4, -0.2) is 48.6 Å².